The Hall–Kier alpha value is -2.86. The van der Waals surface area contributed by atoms with Crippen LogP contribution in [0.1, 0.15) is 11.3 Å². The summed E-state index contributed by atoms with van der Waals surface area (Å²) in [5, 5.41) is 0.0756. The molecule has 0 fully saturated rings. The van der Waals surface area contributed by atoms with Gasteiger partial charge >= 0.3 is 0 Å². The number of allylic oxidation sites excluding steroid dienone is 1. The van der Waals surface area contributed by atoms with Gasteiger partial charge in [0.1, 0.15) is 12.4 Å². The first kappa shape index (κ1) is 16.6. The lowest BCUT2D eigenvalue weighted by Crippen LogP contribution is -2.13. The molecule has 0 unspecified atom stereocenters. The van der Waals surface area contributed by atoms with Crippen LogP contribution in [0.5, 0.6) is 0 Å². The molecule has 0 aliphatic carbocycles. The van der Waals surface area contributed by atoms with E-state index in [1.807, 2.05) is 41.6 Å². The molecule has 26 heavy (non-hydrogen) atoms. The van der Waals surface area contributed by atoms with Crippen LogP contribution < -0.4 is 0 Å². The van der Waals surface area contributed by atoms with E-state index < -0.39 is 9.84 Å². The molecule has 2 aliphatic rings. The monoisotopic (exact) mass is 366 g/mol. The maximum Gasteiger partial charge on any atom is 0.223 e. The predicted octanol–water partition coefficient (Wildman–Crippen LogP) is 3.35. The zero-order valence-electron chi connectivity index (χ0n) is 14.3. The summed E-state index contributed by atoms with van der Waals surface area (Å²) >= 11 is 0. The molecule has 4 rings (SSSR count). The van der Waals surface area contributed by atoms with Crippen LogP contribution in [0.15, 0.2) is 88.3 Å². The molecule has 2 aliphatic heterocycles. The Morgan fingerprint density at radius 1 is 1.15 bits per heavy atom. The van der Waals surface area contributed by atoms with E-state index in [1.54, 1.807) is 31.2 Å². The van der Waals surface area contributed by atoms with Crippen LogP contribution in [0.3, 0.4) is 0 Å². The number of aromatic nitrogens is 1. The zero-order valence-corrected chi connectivity index (χ0v) is 15.1. The molecule has 0 spiro atoms. The van der Waals surface area contributed by atoms with Gasteiger partial charge in [0, 0.05) is 30.2 Å². The zero-order chi connectivity index (χ0) is 18.1. The van der Waals surface area contributed by atoms with Crippen LogP contribution >= 0.6 is 0 Å². The first-order valence-electron chi connectivity index (χ1n) is 8.29. The Balaban J connectivity index is 1.53. The number of fused-ring (bicyclic) bond motifs is 1. The van der Waals surface area contributed by atoms with Crippen molar-refractivity contribution in [3.05, 3.63) is 89.6 Å². The number of nitrogens with zero attached hydrogens (tertiary/aromatic N) is 2. The molecule has 0 saturated heterocycles. The molecule has 0 amide bonds. The van der Waals surface area contributed by atoms with Gasteiger partial charge < -0.3 is 9.64 Å². The van der Waals surface area contributed by atoms with Crippen molar-refractivity contribution in [1.82, 2.24) is 9.88 Å². The second kappa shape index (κ2) is 6.46. The number of benzene rings is 1. The number of rotatable bonds is 4. The third-order valence-corrected chi connectivity index (χ3v) is 5.96. The summed E-state index contributed by atoms with van der Waals surface area (Å²) in [5.41, 5.74) is 2.79. The highest BCUT2D eigenvalue weighted by Crippen LogP contribution is 2.26. The minimum atomic E-state index is -3.60. The summed E-state index contributed by atoms with van der Waals surface area (Å²) in [6.45, 7) is 3.02. The Bertz CT molecular complexity index is 1030. The van der Waals surface area contributed by atoms with E-state index in [1.165, 1.54) is 6.07 Å². The van der Waals surface area contributed by atoms with Crippen LogP contribution in [0.25, 0.3) is 0 Å². The molecule has 0 atom stereocenters. The molecule has 2 aromatic rings. The number of aryl methyl sites for hydroxylation is 1. The summed E-state index contributed by atoms with van der Waals surface area (Å²) in [7, 11) is -3.60. The fourth-order valence-electron chi connectivity index (χ4n) is 2.91. The molecular formula is C20H18N2O3S. The second-order valence-corrected chi connectivity index (χ2v) is 8.11. The number of hydrogen-bond acceptors (Lipinski definition) is 5. The Morgan fingerprint density at radius 3 is 2.73 bits per heavy atom. The Morgan fingerprint density at radius 2 is 1.96 bits per heavy atom. The van der Waals surface area contributed by atoms with Gasteiger partial charge in [-0.05, 0) is 48.9 Å². The van der Waals surface area contributed by atoms with Crippen molar-refractivity contribution >= 4 is 9.84 Å². The average molecular weight is 366 g/mol. The molecular weight excluding hydrogens is 348 g/mol. The third-order valence-electron chi connectivity index (χ3n) is 4.29. The molecule has 0 saturated carbocycles. The average Bonchev–Trinajstić information content (AvgIpc) is 3.10. The van der Waals surface area contributed by atoms with Crippen LogP contribution in [-0.4, -0.2) is 24.9 Å². The highest BCUT2D eigenvalue weighted by atomic mass is 32.2. The Labute approximate surface area is 152 Å². The van der Waals surface area contributed by atoms with Gasteiger partial charge in [0.05, 0.1) is 4.90 Å². The molecule has 3 heterocycles. The van der Waals surface area contributed by atoms with E-state index in [0.29, 0.717) is 18.8 Å². The maximum absolute atomic E-state index is 12.7. The van der Waals surface area contributed by atoms with Gasteiger partial charge in [0.25, 0.3) is 0 Å². The van der Waals surface area contributed by atoms with Gasteiger partial charge in [-0.1, -0.05) is 18.2 Å². The maximum atomic E-state index is 12.7. The number of pyridine rings is 1. The molecule has 1 aromatic carbocycles. The predicted molar refractivity (Wildman–Crippen MR) is 97.7 cm³/mol. The lowest BCUT2D eigenvalue weighted by Gasteiger charge is -2.20. The smallest absolute Gasteiger partial charge is 0.223 e. The summed E-state index contributed by atoms with van der Waals surface area (Å²) in [4.78, 5) is 6.40. The highest BCUT2D eigenvalue weighted by molar-refractivity contribution is 7.91. The van der Waals surface area contributed by atoms with Crippen molar-refractivity contribution in [2.45, 2.75) is 23.4 Å². The van der Waals surface area contributed by atoms with Crippen molar-refractivity contribution in [3.63, 3.8) is 0 Å². The largest absolute Gasteiger partial charge is 0.487 e. The molecule has 6 heteroatoms. The topological polar surface area (TPSA) is 59.5 Å². The first-order valence-corrected chi connectivity index (χ1v) is 9.77. The van der Waals surface area contributed by atoms with Crippen molar-refractivity contribution in [1.29, 1.82) is 0 Å². The van der Waals surface area contributed by atoms with Crippen LogP contribution in [0, 0.1) is 6.92 Å². The molecule has 1 aromatic heterocycles. The summed E-state index contributed by atoms with van der Waals surface area (Å²) in [6, 6.07) is 11.9. The van der Waals surface area contributed by atoms with Crippen molar-refractivity contribution in [2.75, 3.05) is 6.61 Å². The van der Waals surface area contributed by atoms with E-state index in [0.717, 1.165) is 16.9 Å². The van der Waals surface area contributed by atoms with E-state index in [4.69, 9.17) is 4.74 Å². The standard InChI is InChI=1S/C20H18N2O3S/c1-15-3-2-4-20(21-15)26(23,24)18-7-5-16(6-8-18)13-22-11-9-17-10-12-25-19(17)14-22/h2-11,14H,12-13H2,1H3. The fourth-order valence-corrected chi connectivity index (χ4v) is 4.17. The lowest BCUT2D eigenvalue weighted by molar-refractivity contribution is 0.265. The van der Waals surface area contributed by atoms with Crippen LogP contribution in [-0.2, 0) is 21.1 Å². The Kier molecular flexibility index (Phi) is 4.12. The third kappa shape index (κ3) is 3.15. The summed E-state index contributed by atoms with van der Waals surface area (Å²) in [6.07, 6.45) is 8.01. The minimum absolute atomic E-state index is 0.0756. The van der Waals surface area contributed by atoms with E-state index >= 15 is 0 Å². The number of sulfone groups is 1. The van der Waals surface area contributed by atoms with Gasteiger partial charge in [-0.2, -0.15) is 0 Å². The summed E-state index contributed by atoms with van der Waals surface area (Å²) in [5.74, 6) is 0.872. The van der Waals surface area contributed by atoms with Crippen molar-refractivity contribution < 1.29 is 13.2 Å². The number of ether oxygens (including phenoxy) is 1. The SMILES string of the molecule is Cc1cccc(S(=O)(=O)c2ccc(CN3C=CC4=CCOC4=C3)cc2)n1. The van der Waals surface area contributed by atoms with Crippen molar-refractivity contribution in [2.24, 2.45) is 0 Å². The van der Waals surface area contributed by atoms with E-state index in [-0.39, 0.29) is 9.92 Å². The van der Waals surface area contributed by atoms with Gasteiger partial charge in [-0.15, -0.1) is 0 Å². The summed E-state index contributed by atoms with van der Waals surface area (Å²) < 4.78 is 30.9. The molecule has 0 radical (unpaired) electrons. The van der Waals surface area contributed by atoms with E-state index in [2.05, 4.69) is 4.98 Å². The lowest BCUT2D eigenvalue weighted by atomic mass is 10.1. The van der Waals surface area contributed by atoms with Gasteiger partial charge in [0.2, 0.25) is 9.84 Å². The fraction of sp³-hybridized carbons (Fsp3) is 0.150. The van der Waals surface area contributed by atoms with Gasteiger partial charge in [-0.3, -0.25) is 0 Å². The molecule has 0 bridgehead atoms. The van der Waals surface area contributed by atoms with E-state index in [9.17, 15) is 8.42 Å². The number of hydrogen-bond donors (Lipinski definition) is 0. The van der Waals surface area contributed by atoms with Crippen LogP contribution in [0.2, 0.25) is 0 Å². The van der Waals surface area contributed by atoms with Gasteiger partial charge in [-0.25, -0.2) is 13.4 Å². The first-order chi connectivity index (χ1) is 12.5. The normalized spacial score (nSPS) is 16.0. The van der Waals surface area contributed by atoms with Crippen molar-refractivity contribution in [3.8, 4) is 0 Å². The molecule has 5 nitrogen and oxygen atoms in total. The molecule has 132 valence electrons. The molecule has 0 N–H and O–H groups in total. The van der Waals surface area contributed by atoms with Gasteiger partial charge in [0.15, 0.2) is 5.03 Å². The highest BCUT2D eigenvalue weighted by Gasteiger charge is 2.20. The van der Waals surface area contributed by atoms with Crippen LogP contribution in [0.4, 0.5) is 0 Å². The quantitative estimate of drug-likeness (QED) is 0.830. The second-order valence-electron chi connectivity index (χ2n) is 6.22. The minimum Gasteiger partial charge on any atom is -0.487 e.